The first-order valence-corrected chi connectivity index (χ1v) is 7.50. The molecule has 1 saturated heterocycles. The predicted molar refractivity (Wildman–Crippen MR) is 81.6 cm³/mol. The Hall–Kier alpha value is -2.30. The molecule has 0 aliphatic carbocycles. The number of fused-ring (bicyclic) bond motifs is 1. The van der Waals surface area contributed by atoms with Gasteiger partial charge in [-0.1, -0.05) is 18.2 Å². The molecule has 0 saturated carbocycles. The lowest BCUT2D eigenvalue weighted by atomic mass is 10.0. The van der Waals surface area contributed by atoms with Crippen LogP contribution in [-0.2, 0) is 9.53 Å². The summed E-state index contributed by atoms with van der Waals surface area (Å²) in [6.45, 7) is 2.42. The summed E-state index contributed by atoms with van der Waals surface area (Å²) >= 11 is 0. The predicted octanol–water partition coefficient (Wildman–Crippen LogP) is 2.91. The Morgan fingerprint density at radius 3 is 2.77 bits per heavy atom. The SMILES string of the molecule is COC(=O)[C@H]1CCCCN1C(=O)c1oc2ccccc2c1C. The topological polar surface area (TPSA) is 59.8 Å². The zero-order chi connectivity index (χ0) is 15.7. The molecule has 1 amide bonds. The zero-order valence-corrected chi connectivity index (χ0v) is 12.8. The van der Waals surface area contributed by atoms with E-state index in [0.29, 0.717) is 24.3 Å². The second-order valence-corrected chi connectivity index (χ2v) is 5.59. The number of amides is 1. The number of hydrogen-bond acceptors (Lipinski definition) is 4. The summed E-state index contributed by atoms with van der Waals surface area (Å²) in [6.07, 6.45) is 2.44. The van der Waals surface area contributed by atoms with Gasteiger partial charge < -0.3 is 14.1 Å². The number of likely N-dealkylation sites (tertiary alicyclic amines) is 1. The van der Waals surface area contributed by atoms with Gasteiger partial charge in [-0.25, -0.2) is 4.79 Å². The molecule has 3 rings (SSSR count). The fourth-order valence-corrected chi connectivity index (χ4v) is 3.06. The van der Waals surface area contributed by atoms with Gasteiger partial charge in [-0.3, -0.25) is 4.79 Å². The molecule has 1 aromatic carbocycles. The van der Waals surface area contributed by atoms with Crippen molar-refractivity contribution >= 4 is 22.8 Å². The summed E-state index contributed by atoms with van der Waals surface area (Å²) in [5.74, 6) is -0.275. The van der Waals surface area contributed by atoms with Gasteiger partial charge >= 0.3 is 5.97 Å². The van der Waals surface area contributed by atoms with Crippen molar-refractivity contribution < 1.29 is 18.7 Å². The third kappa shape index (κ3) is 2.36. The van der Waals surface area contributed by atoms with Crippen LogP contribution in [0.25, 0.3) is 11.0 Å². The van der Waals surface area contributed by atoms with Crippen LogP contribution in [0.4, 0.5) is 0 Å². The van der Waals surface area contributed by atoms with Gasteiger partial charge in [-0.05, 0) is 32.3 Å². The molecule has 5 heteroatoms. The Morgan fingerprint density at radius 1 is 1.27 bits per heavy atom. The van der Waals surface area contributed by atoms with Crippen molar-refractivity contribution in [3.05, 3.63) is 35.6 Å². The number of ether oxygens (including phenoxy) is 1. The summed E-state index contributed by atoms with van der Waals surface area (Å²) in [5, 5.41) is 0.928. The molecule has 1 aromatic heterocycles. The molecule has 0 N–H and O–H groups in total. The van der Waals surface area contributed by atoms with Crippen molar-refractivity contribution in [2.24, 2.45) is 0 Å². The number of piperidine rings is 1. The minimum absolute atomic E-state index is 0.233. The second kappa shape index (κ2) is 5.83. The summed E-state index contributed by atoms with van der Waals surface area (Å²) in [4.78, 5) is 26.4. The van der Waals surface area contributed by atoms with Gasteiger partial charge in [0, 0.05) is 17.5 Å². The van der Waals surface area contributed by atoms with Crippen LogP contribution in [-0.4, -0.2) is 36.5 Å². The largest absolute Gasteiger partial charge is 0.467 e. The van der Waals surface area contributed by atoms with E-state index < -0.39 is 6.04 Å². The van der Waals surface area contributed by atoms with E-state index in [1.165, 1.54) is 7.11 Å². The maximum atomic E-state index is 12.8. The van der Waals surface area contributed by atoms with E-state index in [-0.39, 0.29) is 11.9 Å². The fourth-order valence-electron chi connectivity index (χ4n) is 3.06. The molecule has 1 aliphatic heterocycles. The van der Waals surface area contributed by atoms with Crippen LogP contribution in [0.3, 0.4) is 0 Å². The Labute approximate surface area is 128 Å². The third-order valence-corrected chi connectivity index (χ3v) is 4.27. The average Bonchev–Trinajstić information content (AvgIpc) is 2.91. The fraction of sp³-hybridized carbons (Fsp3) is 0.412. The maximum Gasteiger partial charge on any atom is 0.328 e. The summed E-state index contributed by atoms with van der Waals surface area (Å²) < 4.78 is 10.6. The van der Waals surface area contributed by atoms with Crippen LogP contribution in [0.1, 0.15) is 35.4 Å². The molecule has 1 aliphatic rings. The molecule has 0 radical (unpaired) electrons. The number of methoxy groups -OCH3 is 1. The van der Waals surface area contributed by atoms with Gasteiger partial charge in [-0.2, -0.15) is 0 Å². The first-order chi connectivity index (χ1) is 10.6. The number of furan rings is 1. The van der Waals surface area contributed by atoms with Crippen molar-refractivity contribution in [1.29, 1.82) is 0 Å². The van der Waals surface area contributed by atoms with E-state index in [9.17, 15) is 9.59 Å². The Bertz CT molecular complexity index is 719. The quantitative estimate of drug-likeness (QED) is 0.800. The highest BCUT2D eigenvalue weighted by Crippen LogP contribution is 2.28. The highest BCUT2D eigenvalue weighted by Gasteiger charge is 2.35. The minimum Gasteiger partial charge on any atom is -0.467 e. The molecule has 2 aromatic rings. The number of esters is 1. The van der Waals surface area contributed by atoms with E-state index in [4.69, 9.17) is 9.15 Å². The summed E-state index contributed by atoms with van der Waals surface area (Å²) in [7, 11) is 1.35. The molecule has 1 fully saturated rings. The lowest BCUT2D eigenvalue weighted by Gasteiger charge is -2.33. The highest BCUT2D eigenvalue weighted by atomic mass is 16.5. The standard InChI is InChI=1S/C17H19NO4/c1-11-12-7-3-4-9-14(12)22-15(11)16(19)18-10-6-5-8-13(18)17(20)21-2/h3-4,7,9,13H,5-6,8,10H2,1-2H3/t13-/m1/s1. The molecule has 0 bridgehead atoms. The van der Waals surface area contributed by atoms with Gasteiger partial charge in [0.05, 0.1) is 7.11 Å². The van der Waals surface area contributed by atoms with Crippen molar-refractivity contribution in [3.8, 4) is 0 Å². The van der Waals surface area contributed by atoms with Crippen molar-refractivity contribution in [2.45, 2.75) is 32.2 Å². The maximum absolute atomic E-state index is 12.8. The Balaban J connectivity index is 1.97. The average molecular weight is 301 g/mol. The van der Waals surface area contributed by atoms with Gasteiger partial charge in [0.15, 0.2) is 5.76 Å². The van der Waals surface area contributed by atoms with Crippen molar-refractivity contribution in [3.63, 3.8) is 0 Å². The molecule has 2 heterocycles. The summed E-state index contributed by atoms with van der Waals surface area (Å²) in [5.41, 5.74) is 1.50. The summed E-state index contributed by atoms with van der Waals surface area (Å²) in [6, 6.07) is 7.04. The van der Waals surface area contributed by atoms with E-state index in [1.807, 2.05) is 31.2 Å². The van der Waals surface area contributed by atoms with Gasteiger partial charge in [0.2, 0.25) is 0 Å². The van der Waals surface area contributed by atoms with Crippen molar-refractivity contribution in [2.75, 3.05) is 13.7 Å². The minimum atomic E-state index is -0.515. The van der Waals surface area contributed by atoms with Crippen molar-refractivity contribution in [1.82, 2.24) is 4.90 Å². The lowest BCUT2D eigenvalue weighted by molar-refractivity contribution is -0.147. The molecule has 0 unspecified atom stereocenters. The van der Waals surface area contributed by atoms with Crippen LogP contribution in [0, 0.1) is 6.92 Å². The molecule has 0 spiro atoms. The number of rotatable bonds is 2. The molecule has 116 valence electrons. The van der Waals surface area contributed by atoms with Gasteiger partial charge in [0.25, 0.3) is 5.91 Å². The van der Waals surface area contributed by atoms with Crippen LogP contribution in [0.15, 0.2) is 28.7 Å². The van der Waals surface area contributed by atoms with E-state index >= 15 is 0 Å². The van der Waals surface area contributed by atoms with Crippen LogP contribution >= 0.6 is 0 Å². The van der Waals surface area contributed by atoms with Gasteiger partial charge in [-0.15, -0.1) is 0 Å². The number of nitrogens with zero attached hydrogens (tertiary/aromatic N) is 1. The van der Waals surface area contributed by atoms with Gasteiger partial charge in [0.1, 0.15) is 11.6 Å². The Kier molecular flexibility index (Phi) is 3.88. The number of aryl methyl sites for hydroxylation is 1. The number of carbonyl (C=O) groups is 2. The Morgan fingerprint density at radius 2 is 2.05 bits per heavy atom. The third-order valence-electron chi connectivity index (χ3n) is 4.27. The molecule has 5 nitrogen and oxygen atoms in total. The van der Waals surface area contributed by atoms with E-state index in [0.717, 1.165) is 23.8 Å². The second-order valence-electron chi connectivity index (χ2n) is 5.59. The number of benzene rings is 1. The molecular weight excluding hydrogens is 282 g/mol. The molecule has 1 atom stereocenters. The van der Waals surface area contributed by atoms with E-state index in [2.05, 4.69) is 0 Å². The normalized spacial score (nSPS) is 18.5. The molecular formula is C17H19NO4. The first-order valence-electron chi connectivity index (χ1n) is 7.50. The number of carbonyl (C=O) groups excluding carboxylic acids is 2. The number of para-hydroxylation sites is 1. The highest BCUT2D eigenvalue weighted by molar-refractivity contribution is 6.00. The molecule has 22 heavy (non-hydrogen) atoms. The van der Waals surface area contributed by atoms with E-state index in [1.54, 1.807) is 4.90 Å². The van der Waals surface area contributed by atoms with Crippen LogP contribution in [0.2, 0.25) is 0 Å². The number of hydrogen-bond donors (Lipinski definition) is 0. The zero-order valence-electron chi connectivity index (χ0n) is 12.8. The van der Waals surface area contributed by atoms with Crippen LogP contribution < -0.4 is 0 Å². The smallest absolute Gasteiger partial charge is 0.328 e. The lowest BCUT2D eigenvalue weighted by Crippen LogP contribution is -2.48. The first kappa shape index (κ1) is 14.6. The monoisotopic (exact) mass is 301 g/mol. The van der Waals surface area contributed by atoms with Crippen LogP contribution in [0.5, 0.6) is 0 Å².